The molecule has 0 radical (unpaired) electrons. The number of nitrogens with one attached hydrogen (secondary N) is 2. The predicted octanol–water partition coefficient (Wildman–Crippen LogP) is -0.644. The number of nitrogens with two attached hydrogens (primary N) is 1. The van der Waals surface area contributed by atoms with E-state index in [-0.39, 0.29) is 24.2 Å². The van der Waals surface area contributed by atoms with Gasteiger partial charge in [0.05, 0.1) is 19.3 Å². The summed E-state index contributed by atoms with van der Waals surface area (Å²) in [5.74, 6) is 0.119. The molecule has 1 aliphatic heterocycles. The topological polar surface area (TPSA) is 111 Å². The second kappa shape index (κ2) is 6.58. The zero-order chi connectivity index (χ0) is 14.5. The molecule has 8 nitrogen and oxygen atoms in total. The highest BCUT2D eigenvalue weighted by molar-refractivity contribution is 5.60. The first kappa shape index (κ1) is 14.6. The van der Waals surface area contributed by atoms with Gasteiger partial charge in [0.25, 0.3) is 5.56 Å². The van der Waals surface area contributed by atoms with Crippen LogP contribution in [-0.2, 0) is 16.0 Å². The Hall–Kier alpha value is -1.80. The molecule has 8 heteroatoms. The maximum Gasteiger partial charge on any atom is 0.330 e. The molecular weight excluding hydrogens is 264 g/mol. The van der Waals surface area contributed by atoms with Gasteiger partial charge in [-0.05, 0) is 12.8 Å². The average Bonchev–Trinajstić information content (AvgIpc) is 2.91. The van der Waals surface area contributed by atoms with E-state index >= 15 is 0 Å². The highest BCUT2D eigenvalue weighted by Crippen LogP contribution is 2.14. The number of rotatable bonds is 6. The Morgan fingerprint density at radius 2 is 2.35 bits per heavy atom. The fraction of sp³-hybridized carbons (Fsp3) is 0.667. The molecule has 1 unspecified atom stereocenters. The molecule has 1 aromatic rings. The van der Waals surface area contributed by atoms with E-state index in [1.807, 2.05) is 0 Å². The molecule has 4 N–H and O–H groups in total. The maximum atomic E-state index is 11.8. The molecule has 112 valence electrons. The van der Waals surface area contributed by atoms with Crippen molar-refractivity contribution in [3.63, 3.8) is 0 Å². The molecule has 0 spiro atoms. The van der Waals surface area contributed by atoms with Gasteiger partial charge in [-0.15, -0.1) is 0 Å². The Kier molecular flexibility index (Phi) is 4.80. The molecule has 0 aliphatic carbocycles. The van der Waals surface area contributed by atoms with Crippen LogP contribution in [0.2, 0.25) is 0 Å². The second-order valence-electron chi connectivity index (χ2n) is 4.68. The number of aromatic amines is 1. The molecule has 1 atom stereocenters. The molecule has 0 bridgehead atoms. The summed E-state index contributed by atoms with van der Waals surface area (Å²) in [6.45, 7) is 1.86. The van der Waals surface area contributed by atoms with Gasteiger partial charge in [0.15, 0.2) is 0 Å². The fourth-order valence-corrected chi connectivity index (χ4v) is 2.18. The van der Waals surface area contributed by atoms with E-state index in [0.717, 1.165) is 19.4 Å². The van der Waals surface area contributed by atoms with Crippen LogP contribution in [0, 0.1) is 0 Å². The summed E-state index contributed by atoms with van der Waals surface area (Å²) in [6, 6.07) is 0. The van der Waals surface area contributed by atoms with E-state index in [1.165, 1.54) is 11.7 Å². The third kappa shape index (κ3) is 3.20. The molecule has 0 aromatic carbocycles. The Balaban J connectivity index is 2.18. The highest BCUT2D eigenvalue weighted by Gasteiger charge is 2.17. The lowest BCUT2D eigenvalue weighted by Crippen LogP contribution is -2.36. The minimum absolute atomic E-state index is 0.0770. The van der Waals surface area contributed by atoms with Crippen LogP contribution in [0.15, 0.2) is 9.59 Å². The molecule has 2 heterocycles. The number of aromatic nitrogens is 2. The molecule has 1 aliphatic rings. The standard InChI is InChI=1S/C12H20N4O4/c1-19-6-4-16-10(13)9(11(17)15-12(16)18)14-7-8-3-2-5-20-8/h8,14H,2-7,13H2,1H3,(H,15,17,18). The smallest absolute Gasteiger partial charge is 0.330 e. The summed E-state index contributed by atoms with van der Waals surface area (Å²) >= 11 is 0. The third-order valence-electron chi connectivity index (χ3n) is 3.29. The Morgan fingerprint density at radius 1 is 1.55 bits per heavy atom. The number of methoxy groups -OCH3 is 1. The van der Waals surface area contributed by atoms with Crippen LogP contribution in [0.4, 0.5) is 11.5 Å². The van der Waals surface area contributed by atoms with Gasteiger partial charge in [0.2, 0.25) is 0 Å². The van der Waals surface area contributed by atoms with E-state index in [1.54, 1.807) is 0 Å². The van der Waals surface area contributed by atoms with Crippen molar-refractivity contribution < 1.29 is 9.47 Å². The van der Waals surface area contributed by atoms with E-state index in [9.17, 15) is 9.59 Å². The normalized spacial score (nSPS) is 18.4. The van der Waals surface area contributed by atoms with Crippen LogP contribution >= 0.6 is 0 Å². The molecule has 1 fully saturated rings. The Bertz CT molecular complexity index is 560. The first-order valence-corrected chi connectivity index (χ1v) is 6.60. The number of hydrogen-bond donors (Lipinski definition) is 3. The van der Waals surface area contributed by atoms with Gasteiger partial charge in [-0.3, -0.25) is 14.3 Å². The van der Waals surface area contributed by atoms with Gasteiger partial charge in [0, 0.05) is 20.3 Å². The first-order chi connectivity index (χ1) is 9.63. The van der Waals surface area contributed by atoms with Crippen molar-refractivity contribution in [2.24, 2.45) is 0 Å². The lowest BCUT2D eigenvalue weighted by Gasteiger charge is -2.15. The van der Waals surface area contributed by atoms with E-state index < -0.39 is 11.2 Å². The number of nitrogens with zero attached hydrogens (tertiary/aromatic N) is 1. The average molecular weight is 284 g/mol. The van der Waals surface area contributed by atoms with Crippen LogP contribution in [0.5, 0.6) is 0 Å². The van der Waals surface area contributed by atoms with Gasteiger partial charge in [-0.2, -0.15) is 0 Å². The summed E-state index contributed by atoms with van der Waals surface area (Å²) in [5, 5.41) is 2.97. The number of ether oxygens (including phenoxy) is 2. The quantitative estimate of drug-likeness (QED) is 0.640. The summed E-state index contributed by atoms with van der Waals surface area (Å²) in [6.07, 6.45) is 2.05. The molecule has 0 amide bonds. The van der Waals surface area contributed by atoms with Crippen molar-refractivity contribution in [1.82, 2.24) is 9.55 Å². The van der Waals surface area contributed by atoms with Crippen molar-refractivity contribution in [2.75, 3.05) is 37.9 Å². The van der Waals surface area contributed by atoms with Crippen LogP contribution < -0.4 is 22.3 Å². The zero-order valence-corrected chi connectivity index (χ0v) is 11.5. The lowest BCUT2D eigenvalue weighted by atomic mass is 10.2. The van der Waals surface area contributed by atoms with Crippen LogP contribution in [-0.4, -0.2) is 42.5 Å². The van der Waals surface area contributed by atoms with Crippen molar-refractivity contribution in [3.8, 4) is 0 Å². The predicted molar refractivity (Wildman–Crippen MR) is 75.1 cm³/mol. The Morgan fingerprint density at radius 3 is 3.00 bits per heavy atom. The van der Waals surface area contributed by atoms with Crippen LogP contribution in [0.3, 0.4) is 0 Å². The van der Waals surface area contributed by atoms with Crippen molar-refractivity contribution >= 4 is 11.5 Å². The molecule has 1 aromatic heterocycles. The Labute approximate surface area is 115 Å². The van der Waals surface area contributed by atoms with Gasteiger partial charge < -0.3 is 20.5 Å². The van der Waals surface area contributed by atoms with Gasteiger partial charge in [-0.25, -0.2) is 4.79 Å². The van der Waals surface area contributed by atoms with Crippen LogP contribution in [0.25, 0.3) is 0 Å². The van der Waals surface area contributed by atoms with Gasteiger partial charge in [-0.1, -0.05) is 0 Å². The number of H-pyrrole nitrogens is 1. The van der Waals surface area contributed by atoms with Crippen molar-refractivity contribution in [2.45, 2.75) is 25.5 Å². The minimum Gasteiger partial charge on any atom is -0.383 e. The summed E-state index contributed by atoms with van der Waals surface area (Å²) < 4.78 is 11.7. The zero-order valence-electron chi connectivity index (χ0n) is 11.5. The summed E-state index contributed by atoms with van der Waals surface area (Å²) in [4.78, 5) is 25.8. The maximum absolute atomic E-state index is 11.8. The molecule has 0 saturated carbocycles. The van der Waals surface area contributed by atoms with E-state index in [2.05, 4.69) is 10.3 Å². The second-order valence-corrected chi connectivity index (χ2v) is 4.68. The van der Waals surface area contributed by atoms with E-state index in [0.29, 0.717) is 13.2 Å². The highest BCUT2D eigenvalue weighted by atomic mass is 16.5. The summed E-state index contributed by atoms with van der Waals surface area (Å²) in [7, 11) is 1.53. The number of hydrogen-bond acceptors (Lipinski definition) is 6. The van der Waals surface area contributed by atoms with E-state index in [4.69, 9.17) is 15.2 Å². The van der Waals surface area contributed by atoms with Crippen molar-refractivity contribution in [3.05, 3.63) is 20.8 Å². The van der Waals surface area contributed by atoms with Crippen molar-refractivity contribution in [1.29, 1.82) is 0 Å². The molecule has 20 heavy (non-hydrogen) atoms. The summed E-state index contributed by atoms with van der Waals surface area (Å²) in [5.41, 5.74) is 5.05. The number of nitrogen functional groups attached to an aromatic ring is 1. The lowest BCUT2D eigenvalue weighted by molar-refractivity contribution is 0.120. The minimum atomic E-state index is -0.535. The SMILES string of the molecule is COCCn1c(N)c(NCC2CCCO2)c(=O)[nH]c1=O. The molecular formula is C12H20N4O4. The monoisotopic (exact) mass is 284 g/mol. The van der Waals surface area contributed by atoms with Crippen LogP contribution in [0.1, 0.15) is 12.8 Å². The fourth-order valence-electron chi connectivity index (χ4n) is 2.18. The largest absolute Gasteiger partial charge is 0.383 e. The first-order valence-electron chi connectivity index (χ1n) is 6.60. The third-order valence-corrected chi connectivity index (χ3v) is 3.29. The van der Waals surface area contributed by atoms with Gasteiger partial charge in [0.1, 0.15) is 11.5 Å². The van der Waals surface area contributed by atoms with Gasteiger partial charge >= 0.3 is 5.69 Å². The number of anilines is 2. The molecule has 2 rings (SSSR count). The molecule has 1 saturated heterocycles.